The molecule has 2 amide bonds. The number of hydrogen-bond acceptors (Lipinski definition) is 1. The molecule has 2 aromatic rings. The van der Waals surface area contributed by atoms with Crippen molar-refractivity contribution in [3.05, 3.63) is 66.2 Å². The van der Waals surface area contributed by atoms with Crippen molar-refractivity contribution in [1.29, 1.82) is 0 Å². The fraction of sp³-hybridized carbons (Fsp3) is 0.316. The lowest BCUT2D eigenvalue weighted by Crippen LogP contribution is -2.43. The van der Waals surface area contributed by atoms with Gasteiger partial charge in [0.1, 0.15) is 0 Å². The van der Waals surface area contributed by atoms with Gasteiger partial charge in [0.25, 0.3) is 0 Å². The predicted molar refractivity (Wildman–Crippen MR) is 89.9 cm³/mol. The molecule has 0 atom stereocenters. The second-order valence-electron chi connectivity index (χ2n) is 5.84. The largest absolute Gasteiger partial charge is 0.335 e. The maximum atomic E-state index is 12.7. The van der Waals surface area contributed by atoms with E-state index in [0.29, 0.717) is 12.6 Å². The Kier molecular flexibility index (Phi) is 4.74. The molecule has 0 unspecified atom stereocenters. The summed E-state index contributed by atoms with van der Waals surface area (Å²) < 4.78 is 0. The Balaban J connectivity index is 1.77. The maximum absolute atomic E-state index is 12.7. The van der Waals surface area contributed by atoms with Gasteiger partial charge in [0.05, 0.1) is 6.54 Å². The first-order valence-electron chi connectivity index (χ1n) is 8.00. The van der Waals surface area contributed by atoms with Crippen LogP contribution in [0.1, 0.15) is 31.2 Å². The first-order chi connectivity index (χ1) is 10.8. The van der Waals surface area contributed by atoms with Gasteiger partial charge in [0.2, 0.25) is 0 Å². The van der Waals surface area contributed by atoms with Crippen LogP contribution in [0.15, 0.2) is 60.7 Å². The summed E-state index contributed by atoms with van der Waals surface area (Å²) in [6.45, 7) is 0.587. The standard InChI is InChI=1S/C19H22N2O/c22-19(20-17-11-7-8-12-17)21(18-13-5-2-6-14-18)15-16-9-3-1-4-10-16/h1-6,9-10,13-14,17H,7-8,11-12,15H2,(H,20,22). The van der Waals surface area contributed by atoms with Gasteiger partial charge in [0.15, 0.2) is 0 Å². The highest BCUT2D eigenvalue weighted by Crippen LogP contribution is 2.21. The molecule has 1 fully saturated rings. The Bertz CT molecular complexity index is 591. The number of para-hydroxylation sites is 1. The third-order valence-corrected chi connectivity index (χ3v) is 4.18. The van der Waals surface area contributed by atoms with Crippen molar-refractivity contribution in [2.45, 2.75) is 38.3 Å². The summed E-state index contributed by atoms with van der Waals surface area (Å²) >= 11 is 0. The lowest BCUT2D eigenvalue weighted by atomic mass is 10.2. The molecule has 0 saturated heterocycles. The van der Waals surface area contributed by atoms with Gasteiger partial charge < -0.3 is 5.32 Å². The van der Waals surface area contributed by atoms with Crippen molar-refractivity contribution in [1.82, 2.24) is 5.32 Å². The van der Waals surface area contributed by atoms with E-state index in [1.807, 2.05) is 53.4 Å². The fourth-order valence-corrected chi connectivity index (χ4v) is 2.98. The fourth-order valence-electron chi connectivity index (χ4n) is 2.98. The van der Waals surface area contributed by atoms with E-state index in [4.69, 9.17) is 0 Å². The van der Waals surface area contributed by atoms with Gasteiger partial charge in [-0.2, -0.15) is 0 Å². The van der Waals surface area contributed by atoms with E-state index >= 15 is 0 Å². The minimum atomic E-state index is 0.00181. The zero-order chi connectivity index (χ0) is 15.2. The SMILES string of the molecule is O=C(NC1CCCC1)N(Cc1ccccc1)c1ccccc1. The van der Waals surface area contributed by atoms with E-state index < -0.39 is 0 Å². The number of amides is 2. The number of carbonyl (C=O) groups excluding carboxylic acids is 1. The number of nitrogens with zero attached hydrogens (tertiary/aromatic N) is 1. The van der Waals surface area contributed by atoms with E-state index in [-0.39, 0.29) is 6.03 Å². The molecule has 0 aliphatic heterocycles. The highest BCUT2D eigenvalue weighted by molar-refractivity contribution is 5.92. The molecule has 0 aromatic heterocycles. The molecule has 1 aliphatic carbocycles. The number of benzene rings is 2. The molecule has 1 N–H and O–H groups in total. The highest BCUT2D eigenvalue weighted by atomic mass is 16.2. The van der Waals surface area contributed by atoms with Crippen LogP contribution in [0.5, 0.6) is 0 Å². The summed E-state index contributed by atoms with van der Waals surface area (Å²) in [4.78, 5) is 14.5. The molecule has 1 saturated carbocycles. The average Bonchev–Trinajstić information content (AvgIpc) is 3.07. The zero-order valence-electron chi connectivity index (χ0n) is 12.7. The summed E-state index contributed by atoms with van der Waals surface area (Å²) in [5.74, 6) is 0. The van der Waals surface area contributed by atoms with Crippen LogP contribution >= 0.6 is 0 Å². The number of carbonyl (C=O) groups is 1. The van der Waals surface area contributed by atoms with Crippen molar-refractivity contribution < 1.29 is 4.79 Å². The van der Waals surface area contributed by atoms with Gasteiger partial charge in [-0.15, -0.1) is 0 Å². The van der Waals surface area contributed by atoms with Crippen LogP contribution in [0, 0.1) is 0 Å². The van der Waals surface area contributed by atoms with Gasteiger partial charge in [-0.3, -0.25) is 4.90 Å². The summed E-state index contributed by atoms with van der Waals surface area (Å²) in [6.07, 6.45) is 4.63. The molecule has 22 heavy (non-hydrogen) atoms. The molecule has 1 aliphatic rings. The van der Waals surface area contributed by atoms with Crippen molar-refractivity contribution in [2.24, 2.45) is 0 Å². The second kappa shape index (κ2) is 7.12. The van der Waals surface area contributed by atoms with Crippen LogP contribution in [0.2, 0.25) is 0 Å². The van der Waals surface area contributed by atoms with Crippen molar-refractivity contribution in [2.75, 3.05) is 4.90 Å². The first-order valence-corrected chi connectivity index (χ1v) is 8.00. The van der Waals surface area contributed by atoms with Crippen molar-refractivity contribution in [3.63, 3.8) is 0 Å². The van der Waals surface area contributed by atoms with Crippen LogP contribution in [0.4, 0.5) is 10.5 Å². The first kappa shape index (κ1) is 14.6. The van der Waals surface area contributed by atoms with E-state index in [1.54, 1.807) is 0 Å². The maximum Gasteiger partial charge on any atom is 0.322 e. The van der Waals surface area contributed by atoms with Gasteiger partial charge in [-0.25, -0.2) is 4.79 Å². The van der Waals surface area contributed by atoms with E-state index in [0.717, 1.165) is 24.1 Å². The lowest BCUT2D eigenvalue weighted by Gasteiger charge is -2.25. The van der Waals surface area contributed by atoms with Gasteiger partial charge in [-0.05, 0) is 30.5 Å². The second-order valence-corrected chi connectivity index (χ2v) is 5.84. The van der Waals surface area contributed by atoms with Crippen molar-refractivity contribution >= 4 is 11.7 Å². The Labute approximate surface area is 132 Å². The number of hydrogen-bond donors (Lipinski definition) is 1. The van der Waals surface area contributed by atoms with Crippen molar-refractivity contribution in [3.8, 4) is 0 Å². The molecule has 2 aromatic carbocycles. The van der Waals surface area contributed by atoms with E-state index in [9.17, 15) is 4.79 Å². The Morgan fingerprint density at radius 3 is 2.18 bits per heavy atom. The molecule has 3 nitrogen and oxygen atoms in total. The van der Waals surface area contributed by atoms with E-state index in [2.05, 4.69) is 17.4 Å². The molecule has 0 heterocycles. The summed E-state index contributed by atoms with van der Waals surface area (Å²) in [7, 11) is 0. The quantitative estimate of drug-likeness (QED) is 0.893. The zero-order valence-corrected chi connectivity index (χ0v) is 12.7. The minimum Gasteiger partial charge on any atom is -0.335 e. The number of anilines is 1. The highest BCUT2D eigenvalue weighted by Gasteiger charge is 2.22. The molecular weight excluding hydrogens is 272 g/mol. The van der Waals surface area contributed by atoms with Gasteiger partial charge in [-0.1, -0.05) is 61.4 Å². The molecule has 0 radical (unpaired) electrons. The normalized spacial score (nSPS) is 14.7. The predicted octanol–water partition coefficient (Wildman–Crippen LogP) is 4.35. The van der Waals surface area contributed by atoms with Gasteiger partial charge in [0, 0.05) is 11.7 Å². The summed E-state index contributed by atoms with van der Waals surface area (Å²) in [5, 5.41) is 3.18. The number of nitrogens with one attached hydrogen (secondary N) is 1. The summed E-state index contributed by atoms with van der Waals surface area (Å²) in [6, 6.07) is 20.3. The molecule has 3 heteroatoms. The molecule has 3 rings (SSSR count). The molecule has 0 spiro atoms. The topological polar surface area (TPSA) is 32.3 Å². The molecule has 0 bridgehead atoms. The number of rotatable bonds is 4. The summed E-state index contributed by atoms with van der Waals surface area (Å²) in [5.41, 5.74) is 2.06. The van der Waals surface area contributed by atoms with Crippen LogP contribution in [-0.4, -0.2) is 12.1 Å². The smallest absolute Gasteiger partial charge is 0.322 e. The van der Waals surface area contributed by atoms with Crippen LogP contribution in [0.3, 0.4) is 0 Å². The number of urea groups is 1. The molecule has 114 valence electrons. The average molecular weight is 294 g/mol. The molecular formula is C19H22N2O. The van der Waals surface area contributed by atoms with Crippen LogP contribution < -0.4 is 10.2 Å². The Morgan fingerprint density at radius 1 is 0.955 bits per heavy atom. The third-order valence-electron chi connectivity index (χ3n) is 4.18. The Morgan fingerprint density at radius 2 is 1.55 bits per heavy atom. The van der Waals surface area contributed by atoms with Crippen LogP contribution in [0.25, 0.3) is 0 Å². The third kappa shape index (κ3) is 3.67. The minimum absolute atomic E-state index is 0.00181. The van der Waals surface area contributed by atoms with Crippen LogP contribution in [-0.2, 0) is 6.54 Å². The van der Waals surface area contributed by atoms with E-state index in [1.165, 1.54) is 12.8 Å². The monoisotopic (exact) mass is 294 g/mol. The lowest BCUT2D eigenvalue weighted by molar-refractivity contribution is 0.242. The Hall–Kier alpha value is -2.29. The van der Waals surface area contributed by atoms with Gasteiger partial charge >= 0.3 is 6.03 Å².